The number of aryl methyl sites for hydroxylation is 1. The summed E-state index contributed by atoms with van der Waals surface area (Å²) in [7, 11) is 1.62. The molecule has 5 heteroatoms. The Morgan fingerprint density at radius 2 is 1.85 bits per heavy atom. The molecular weight excluding hydrogens is 342 g/mol. The van der Waals surface area contributed by atoms with Gasteiger partial charge in [-0.05, 0) is 37.6 Å². The zero-order valence-corrected chi connectivity index (χ0v) is 15.7. The molecule has 0 radical (unpaired) electrons. The number of benzene rings is 2. The van der Waals surface area contributed by atoms with E-state index in [4.69, 9.17) is 9.47 Å². The Morgan fingerprint density at radius 1 is 1.11 bits per heavy atom. The van der Waals surface area contributed by atoms with Crippen LogP contribution in [0.2, 0.25) is 0 Å². The van der Waals surface area contributed by atoms with Gasteiger partial charge in [-0.2, -0.15) is 0 Å². The fourth-order valence-corrected chi connectivity index (χ4v) is 2.74. The Labute approximate surface area is 158 Å². The predicted molar refractivity (Wildman–Crippen MR) is 107 cm³/mol. The van der Waals surface area contributed by atoms with E-state index >= 15 is 0 Å². The number of fused-ring (bicyclic) bond motifs is 1. The average Bonchev–Trinajstić information content (AvgIpc) is 2.68. The lowest BCUT2D eigenvalue weighted by Crippen LogP contribution is -2.18. The number of nitrogens with zero attached hydrogens (tertiary/aromatic N) is 1. The van der Waals surface area contributed by atoms with E-state index in [2.05, 4.69) is 0 Å². The van der Waals surface area contributed by atoms with E-state index in [1.807, 2.05) is 56.3 Å². The molecule has 3 aromatic rings. The van der Waals surface area contributed by atoms with Crippen molar-refractivity contribution in [2.75, 3.05) is 6.61 Å². The Bertz CT molecular complexity index is 1030. The summed E-state index contributed by atoms with van der Waals surface area (Å²) in [5.74, 6) is 0.451. The van der Waals surface area contributed by atoms with Crippen LogP contribution in [-0.4, -0.2) is 16.3 Å². The molecule has 0 unspecified atom stereocenters. The molecule has 1 aromatic heterocycles. The van der Waals surface area contributed by atoms with Crippen molar-refractivity contribution in [2.45, 2.75) is 20.5 Å². The molecule has 27 heavy (non-hydrogen) atoms. The van der Waals surface area contributed by atoms with Crippen LogP contribution in [0.25, 0.3) is 10.9 Å². The first-order valence-corrected chi connectivity index (χ1v) is 8.76. The third-order valence-corrected chi connectivity index (χ3v) is 4.27. The second-order valence-electron chi connectivity index (χ2n) is 6.59. The van der Waals surface area contributed by atoms with Gasteiger partial charge in [-0.15, -0.1) is 0 Å². The molecule has 0 amide bonds. The minimum absolute atomic E-state index is 0.195. The lowest BCUT2D eigenvalue weighted by atomic mass is 10.1. The van der Waals surface area contributed by atoms with Crippen molar-refractivity contribution in [3.05, 3.63) is 76.1 Å². The molecule has 0 saturated heterocycles. The van der Waals surface area contributed by atoms with Crippen LogP contribution in [0.4, 0.5) is 0 Å². The molecule has 0 aliphatic heterocycles. The molecule has 140 valence electrons. The van der Waals surface area contributed by atoms with Crippen molar-refractivity contribution in [1.82, 2.24) is 4.57 Å². The summed E-state index contributed by atoms with van der Waals surface area (Å²) in [6, 6.07) is 15.2. The molecule has 0 saturated carbocycles. The van der Waals surface area contributed by atoms with E-state index in [1.165, 1.54) is 4.57 Å². The standard InChI is InChI=1S/C22H23NO4/c1-15(2)11-12-26-21-18-10-9-17(27-14-16-7-5-4-6-8-16)13-19(18)23(3)22(25)20(21)24/h4-11,13,24H,12,14H2,1-3H3. The number of pyridine rings is 1. The van der Waals surface area contributed by atoms with Crippen LogP contribution in [0.3, 0.4) is 0 Å². The third kappa shape index (κ3) is 4.14. The lowest BCUT2D eigenvalue weighted by Gasteiger charge is -2.14. The quantitative estimate of drug-likeness (QED) is 0.666. The summed E-state index contributed by atoms with van der Waals surface area (Å²) in [5.41, 5.74) is 2.28. The van der Waals surface area contributed by atoms with Crippen LogP contribution in [0, 0.1) is 0 Å². The molecule has 3 rings (SSSR count). The van der Waals surface area contributed by atoms with Gasteiger partial charge >= 0.3 is 0 Å². The van der Waals surface area contributed by atoms with Crippen LogP contribution >= 0.6 is 0 Å². The van der Waals surface area contributed by atoms with Crippen molar-refractivity contribution in [1.29, 1.82) is 0 Å². The number of aromatic nitrogens is 1. The van der Waals surface area contributed by atoms with Crippen molar-refractivity contribution in [2.24, 2.45) is 7.05 Å². The summed E-state index contributed by atoms with van der Waals surface area (Å²) in [6.07, 6.45) is 1.89. The van der Waals surface area contributed by atoms with Gasteiger partial charge in [0.05, 0.1) is 5.52 Å². The average molecular weight is 365 g/mol. The Balaban J connectivity index is 1.95. The van der Waals surface area contributed by atoms with E-state index in [0.717, 1.165) is 11.1 Å². The maximum Gasteiger partial charge on any atom is 0.296 e. The molecule has 1 heterocycles. The largest absolute Gasteiger partial charge is 0.500 e. The maximum absolute atomic E-state index is 12.4. The zero-order valence-electron chi connectivity index (χ0n) is 15.7. The second-order valence-corrected chi connectivity index (χ2v) is 6.59. The third-order valence-electron chi connectivity index (χ3n) is 4.27. The minimum Gasteiger partial charge on any atom is -0.500 e. The normalized spacial score (nSPS) is 10.6. The molecule has 1 N–H and O–H groups in total. The van der Waals surface area contributed by atoms with Crippen molar-refractivity contribution in [3.63, 3.8) is 0 Å². The maximum atomic E-state index is 12.4. The summed E-state index contributed by atoms with van der Waals surface area (Å²) in [4.78, 5) is 12.4. The molecule has 0 aliphatic rings. The van der Waals surface area contributed by atoms with Gasteiger partial charge in [0.25, 0.3) is 5.56 Å². The number of allylic oxidation sites excluding steroid dienone is 1. The Kier molecular flexibility index (Phi) is 5.50. The van der Waals surface area contributed by atoms with Gasteiger partial charge in [-0.1, -0.05) is 35.9 Å². The number of hydrogen-bond acceptors (Lipinski definition) is 4. The molecule has 0 fully saturated rings. The molecule has 5 nitrogen and oxygen atoms in total. The van der Waals surface area contributed by atoms with Crippen LogP contribution in [0.15, 0.2) is 65.0 Å². The van der Waals surface area contributed by atoms with E-state index in [1.54, 1.807) is 19.2 Å². The molecule has 0 atom stereocenters. The molecule has 2 aromatic carbocycles. The van der Waals surface area contributed by atoms with Crippen molar-refractivity contribution in [3.8, 4) is 17.2 Å². The molecule has 0 spiro atoms. The SMILES string of the molecule is CC(C)=CCOc1c(O)c(=O)n(C)c2cc(OCc3ccccc3)ccc12. The molecule has 0 bridgehead atoms. The van der Waals surface area contributed by atoms with Crippen LogP contribution < -0.4 is 15.0 Å². The van der Waals surface area contributed by atoms with Crippen LogP contribution in [-0.2, 0) is 13.7 Å². The Hall–Kier alpha value is -3.21. The van der Waals surface area contributed by atoms with Gasteiger partial charge in [-0.3, -0.25) is 4.79 Å². The zero-order chi connectivity index (χ0) is 19.4. The smallest absolute Gasteiger partial charge is 0.296 e. The number of hydrogen-bond donors (Lipinski definition) is 1. The van der Waals surface area contributed by atoms with Gasteiger partial charge in [0.2, 0.25) is 5.75 Å². The fraction of sp³-hybridized carbons (Fsp3) is 0.227. The van der Waals surface area contributed by atoms with E-state index in [-0.39, 0.29) is 18.1 Å². The number of ether oxygens (including phenoxy) is 2. The highest BCUT2D eigenvalue weighted by Gasteiger charge is 2.16. The second kappa shape index (κ2) is 7.99. The highest BCUT2D eigenvalue weighted by atomic mass is 16.5. The monoisotopic (exact) mass is 365 g/mol. The van der Waals surface area contributed by atoms with Crippen molar-refractivity contribution < 1.29 is 14.6 Å². The predicted octanol–water partition coefficient (Wildman–Crippen LogP) is 4.17. The first-order chi connectivity index (χ1) is 13.0. The first-order valence-electron chi connectivity index (χ1n) is 8.76. The minimum atomic E-state index is -0.505. The van der Waals surface area contributed by atoms with Gasteiger partial charge in [-0.25, -0.2) is 0 Å². The van der Waals surface area contributed by atoms with E-state index < -0.39 is 5.56 Å². The number of rotatable bonds is 6. The van der Waals surface area contributed by atoms with Crippen LogP contribution in [0.5, 0.6) is 17.2 Å². The molecule has 0 aliphatic carbocycles. The van der Waals surface area contributed by atoms with Gasteiger partial charge < -0.3 is 19.1 Å². The topological polar surface area (TPSA) is 60.7 Å². The van der Waals surface area contributed by atoms with Gasteiger partial charge in [0.1, 0.15) is 19.0 Å². The highest BCUT2D eigenvalue weighted by Crippen LogP contribution is 2.33. The highest BCUT2D eigenvalue weighted by molar-refractivity contribution is 5.88. The summed E-state index contributed by atoms with van der Waals surface area (Å²) in [5, 5.41) is 10.9. The summed E-state index contributed by atoms with van der Waals surface area (Å²) in [6.45, 7) is 4.64. The van der Waals surface area contributed by atoms with Gasteiger partial charge in [0, 0.05) is 18.5 Å². The van der Waals surface area contributed by atoms with Crippen LogP contribution in [0.1, 0.15) is 19.4 Å². The van der Waals surface area contributed by atoms with Crippen molar-refractivity contribution >= 4 is 10.9 Å². The Morgan fingerprint density at radius 3 is 2.56 bits per heavy atom. The molecular formula is C22H23NO4. The van der Waals surface area contributed by atoms with E-state index in [0.29, 0.717) is 23.3 Å². The number of aromatic hydroxyl groups is 1. The summed E-state index contributed by atoms with van der Waals surface area (Å²) >= 11 is 0. The summed E-state index contributed by atoms with van der Waals surface area (Å²) < 4.78 is 12.9. The van der Waals surface area contributed by atoms with E-state index in [9.17, 15) is 9.90 Å². The first kappa shape index (κ1) is 18.6. The fourth-order valence-electron chi connectivity index (χ4n) is 2.74. The lowest BCUT2D eigenvalue weighted by molar-refractivity contribution is 0.306. The van der Waals surface area contributed by atoms with Gasteiger partial charge in [0.15, 0.2) is 5.75 Å².